The molecular weight excluding hydrogens is 339 g/mol. The molecule has 0 bridgehead atoms. The summed E-state index contributed by atoms with van der Waals surface area (Å²) in [5, 5.41) is 7.53. The second-order valence-electron chi connectivity index (χ2n) is 4.09. The van der Waals surface area contributed by atoms with E-state index in [9.17, 15) is 13.2 Å². The fourth-order valence-corrected chi connectivity index (χ4v) is 2.07. The van der Waals surface area contributed by atoms with E-state index in [-0.39, 0.29) is 15.9 Å². The first-order valence-corrected chi connectivity index (χ1v) is 6.60. The Morgan fingerprint density at radius 2 is 2.00 bits per heavy atom. The highest BCUT2D eigenvalue weighted by Crippen LogP contribution is 2.37. The number of hydrogen-bond acceptors (Lipinski definition) is 4. The Labute approximate surface area is 121 Å². The van der Waals surface area contributed by atoms with Crippen molar-refractivity contribution >= 4 is 15.9 Å². The number of halogens is 4. The maximum absolute atomic E-state index is 12.8. The first-order chi connectivity index (χ1) is 9.41. The summed E-state index contributed by atoms with van der Waals surface area (Å²) in [6.45, 7) is 0.480. The zero-order chi connectivity index (χ0) is 14.8. The average molecular weight is 350 g/mol. The standard InChI is InChI=1S/C12H11BrF3N3O/c13-9-4-3-7(6-8(9)12(14,15)16)11-19-18-10(20-11)2-1-5-17/h3-4,6H,1-2,5,17H2. The quantitative estimate of drug-likeness (QED) is 0.918. The SMILES string of the molecule is NCCCc1nnc(-c2ccc(Br)c(C(F)(F)F)c2)o1. The highest BCUT2D eigenvalue weighted by Gasteiger charge is 2.33. The number of aromatic nitrogens is 2. The summed E-state index contributed by atoms with van der Waals surface area (Å²) in [5.41, 5.74) is 4.81. The minimum atomic E-state index is -4.45. The van der Waals surface area contributed by atoms with Crippen LogP contribution >= 0.6 is 15.9 Å². The van der Waals surface area contributed by atoms with Crippen molar-refractivity contribution in [1.29, 1.82) is 0 Å². The summed E-state index contributed by atoms with van der Waals surface area (Å²) in [7, 11) is 0. The van der Waals surface area contributed by atoms with Crippen LogP contribution in [-0.4, -0.2) is 16.7 Å². The largest absolute Gasteiger partial charge is 0.421 e. The normalized spacial score (nSPS) is 11.8. The predicted molar refractivity (Wildman–Crippen MR) is 69.8 cm³/mol. The monoisotopic (exact) mass is 349 g/mol. The molecular formula is C12H11BrF3N3O. The van der Waals surface area contributed by atoms with Crippen LogP contribution in [0.1, 0.15) is 17.9 Å². The van der Waals surface area contributed by atoms with Crippen molar-refractivity contribution in [3.05, 3.63) is 34.1 Å². The average Bonchev–Trinajstić information content (AvgIpc) is 2.84. The molecule has 0 atom stereocenters. The van der Waals surface area contributed by atoms with Gasteiger partial charge in [-0.05, 0) is 31.2 Å². The van der Waals surface area contributed by atoms with Gasteiger partial charge in [0.25, 0.3) is 0 Å². The van der Waals surface area contributed by atoms with Crippen LogP contribution in [0.2, 0.25) is 0 Å². The van der Waals surface area contributed by atoms with Gasteiger partial charge in [0.05, 0.1) is 5.56 Å². The molecule has 1 heterocycles. The number of alkyl halides is 3. The number of rotatable bonds is 4. The summed E-state index contributed by atoms with van der Waals surface area (Å²) in [5.74, 6) is 0.428. The third-order valence-corrected chi connectivity index (χ3v) is 3.27. The van der Waals surface area contributed by atoms with E-state index in [0.717, 1.165) is 6.07 Å². The van der Waals surface area contributed by atoms with Gasteiger partial charge in [-0.15, -0.1) is 10.2 Å². The van der Waals surface area contributed by atoms with Gasteiger partial charge in [-0.25, -0.2) is 0 Å². The Morgan fingerprint density at radius 1 is 1.25 bits per heavy atom. The van der Waals surface area contributed by atoms with E-state index >= 15 is 0 Å². The van der Waals surface area contributed by atoms with Crippen molar-refractivity contribution in [2.45, 2.75) is 19.0 Å². The Bertz CT molecular complexity index is 598. The van der Waals surface area contributed by atoms with Crippen LogP contribution in [0, 0.1) is 0 Å². The summed E-state index contributed by atoms with van der Waals surface area (Å²) in [6, 6.07) is 3.77. The van der Waals surface area contributed by atoms with Gasteiger partial charge >= 0.3 is 6.18 Å². The number of benzene rings is 1. The summed E-state index contributed by atoms with van der Waals surface area (Å²) in [6.07, 6.45) is -3.26. The lowest BCUT2D eigenvalue weighted by molar-refractivity contribution is -0.138. The molecule has 0 aliphatic carbocycles. The molecule has 1 aromatic carbocycles. The molecule has 108 valence electrons. The molecule has 1 aromatic heterocycles. The smallest absolute Gasteiger partial charge is 0.417 e. The third kappa shape index (κ3) is 3.37. The lowest BCUT2D eigenvalue weighted by atomic mass is 10.1. The topological polar surface area (TPSA) is 64.9 Å². The highest BCUT2D eigenvalue weighted by atomic mass is 79.9. The van der Waals surface area contributed by atoms with Crippen molar-refractivity contribution in [2.24, 2.45) is 5.73 Å². The Morgan fingerprint density at radius 3 is 2.65 bits per heavy atom. The van der Waals surface area contributed by atoms with Crippen LogP contribution in [0.3, 0.4) is 0 Å². The zero-order valence-corrected chi connectivity index (χ0v) is 11.8. The maximum Gasteiger partial charge on any atom is 0.417 e. The van der Waals surface area contributed by atoms with E-state index in [2.05, 4.69) is 26.1 Å². The van der Waals surface area contributed by atoms with Gasteiger partial charge in [0.1, 0.15) is 0 Å². The van der Waals surface area contributed by atoms with Crippen LogP contribution < -0.4 is 5.73 Å². The van der Waals surface area contributed by atoms with Crippen LogP contribution in [0.15, 0.2) is 27.1 Å². The first-order valence-electron chi connectivity index (χ1n) is 5.81. The van der Waals surface area contributed by atoms with Gasteiger partial charge in [-0.1, -0.05) is 15.9 Å². The minimum Gasteiger partial charge on any atom is -0.421 e. The molecule has 0 amide bonds. The molecule has 2 N–H and O–H groups in total. The number of aryl methyl sites for hydroxylation is 1. The summed E-state index contributed by atoms with van der Waals surface area (Å²) in [4.78, 5) is 0. The third-order valence-electron chi connectivity index (χ3n) is 2.58. The molecule has 2 aromatic rings. The predicted octanol–water partition coefficient (Wildman–Crippen LogP) is 3.41. The Kier molecular flexibility index (Phi) is 4.44. The van der Waals surface area contributed by atoms with E-state index in [1.165, 1.54) is 12.1 Å². The van der Waals surface area contributed by atoms with Gasteiger partial charge in [0.15, 0.2) is 0 Å². The molecule has 0 spiro atoms. The lowest BCUT2D eigenvalue weighted by Crippen LogP contribution is -2.06. The van der Waals surface area contributed by atoms with E-state index in [1.807, 2.05) is 0 Å². The highest BCUT2D eigenvalue weighted by molar-refractivity contribution is 9.10. The minimum absolute atomic E-state index is 0.0309. The molecule has 0 saturated heterocycles. The van der Waals surface area contributed by atoms with E-state index in [1.54, 1.807) is 0 Å². The lowest BCUT2D eigenvalue weighted by Gasteiger charge is -2.09. The Balaban J connectivity index is 2.31. The molecule has 8 heteroatoms. The molecule has 0 radical (unpaired) electrons. The molecule has 0 aliphatic heterocycles. The van der Waals surface area contributed by atoms with Crippen LogP contribution in [0.5, 0.6) is 0 Å². The van der Waals surface area contributed by atoms with Crippen molar-refractivity contribution in [3.63, 3.8) is 0 Å². The van der Waals surface area contributed by atoms with E-state index < -0.39 is 11.7 Å². The summed E-state index contributed by atoms with van der Waals surface area (Å²) >= 11 is 2.88. The maximum atomic E-state index is 12.8. The zero-order valence-electron chi connectivity index (χ0n) is 10.2. The second-order valence-corrected chi connectivity index (χ2v) is 4.94. The fourth-order valence-electron chi connectivity index (χ4n) is 1.60. The van der Waals surface area contributed by atoms with E-state index in [0.29, 0.717) is 25.3 Å². The fraction of sp³-hybridized carbons (Fsp3) is 0.333. The molecule has 2 rings (SSSR count). The van der Waals surface area contributed by atoms with Crippen LogP contribution in [0.25, 0.3) is 11.5 Å². The number of hydrogen-bond donors (Lipinski definition) is 1. The molecule has 0 fully saturated rings. The molecule has 0 saturated carbocycles. The van der Waals surface area contributed by atoms with Crippen molar-refractivity contribution in [2.75, 3.05) is 6.54 Å². The summed E-state index contributed by atoms with van der Waals surface area (Å²) < 4.78 is 43.7. The number of nitrogens with zero attached hydrogens (tertiary/aromatic N) is 2. The van der Waals surface area contributed by atoms with Crippen molar-refractivity contribution in [1.82, 2.24) is 10.2 Å². The molecule has 0 unspecified atom stereocenters. The number of nitrogens with two attached hydrogens (primary N) is 1. The first kappa shape index (κ1) is 15.0. The van der Waals surface area contributed by atoms with Crippen LogP contribution in [0.4, 0.5) is 13.2 Å². The van der Waals surface area contributed by atoms with Gasteiger partial charge in [0, 0.05) is 16.5 Å². The van der Waals surface area contributed by atoms with Crippen molar-refractivity contribution < 1.29 is 17.6 Å². The second kappa shape index (κ2) is 5.92. The molecule has 0 aliphatic rings. The van der Waals surface area contributed by atoms with Crippen molar-refractivity contribution in [3.8, 4) is 11.5 Å². The van der Waals surface area contributed by atoms with Gasteiger partial charge in [0.2, 0.25) is 11.8 Å². The van der Waals surface area contributed by atoms with Crippen LogP contribution in [-0.2, 0) is 12.6 Å². The van der Waals surface area contributed by atoms with Gasteiger partial charge in [-0.3, -0.25) is 0 Å². The Hall–Kier alpha value is -1.41. The van der Waals surface area contributed by atoms with E-state index in [4.69, 9.17) is 10.2 Å². The van der Waals surface area contributed by atoms with Gasteiger partial charge < -0.3 is 10.2 Å². The molecule has 4 nitrogen and oxygen atoms in total. The van der Waals surface area contributed by atoms with Gasteiger partial charge in [-0.2, -0.15) is 13.2 Å². The molecule has 20 heavy (non-hydrogen) atoms.